The lowest BCUT2D eigenvalue weighted by Gasteiger charge is -2.24. The second-order valence-electron chi connectivity index (χ2n) is 3.26. The highest BCUT2D eigenvalue weighted by Crippen LogP contribution is 2.58. The summed E-state index contributed by atoms with van der Waals surface area (Å²) in [6.07, 6.45) is 0. The van der Waals surface area contributed by atoms with Crippen molar-refractivity contribution in [1.82, 2.24) is 0 Å². The standard InChI is InChI=1S/C8H5I6O4P/c9-7(10,11)4-2-1-3-5(8(12,13)14)6(4)18-19(15,16)17/h1-3H,(H2,15,16,17). The zero-order valence-corrected chi connectivity index (χ0v) is 22.5. The van der Waals surface area contributed by atoms with E-state index in [1.807, 2.05) is 18.2 Å². The van der Waals surface area contributed by atoms with Crippen LogP contribution in [-0.2, 0) is 3.44 Å². The predicted octanol–water partition coefficient (Wildman–Crippen LogP) is 5.99. The van der Waals surface area contributed by atoms with Gasteiger partial charge in [0.25, 0.3) is 0 Å². The van der Waals surface area contributed by atoms with Crippen LogP contribution >= 0.6 is 143 Å². The van der Waals surface area contributed by atoms with E-state index in [0.717, 1.165) is 11.1 Å². The number of rotatable bonds is 4. The summed E-state index contributed by atoms with van der Waals surface area (Å²) in [5.74, 6) is 0.257. The first-order valence-corrected chi connectivity index (χ1v) is 12.3. The zero-order valence-electron chi connectivity index (χ0n) is 8.66. The van der Waals surface area contributed by atoms with Crippen molar-refractivity contribution in [3.8, 4) is 5.75 Å². The molecular weight excluding hydrogens is 952 g/mol. The van der Waals surface area contributed by atoms with Crippen LogP contribution in [-0.4, -0.2) is 9.79 Å². The summed E-state index contributed by atoms with van der Waals surface area (Å²) in [6.45, 7) is 0. The van der Waals surface area contributed by atoms with Crippen molar-refractivity contribution in [3.05, 3.63) is 29.3 Å². The molecule has 1 aromatic rings. The quantitative estimate of drug-likeness (QED) is 0.222. The molecule has 19 heavy (non-hydrogen) atoms. The van der Waals surface area contributed by atoms with Gasteiger partial charge in [0, 0.05) is 11.1 Å². The first kappa shape index (κ1) is 20.6. The van der Waals surface area contributed by atoms with Crippen molar-refractivity contribution in [2.24, 2.45) is 0 Å². The molecule has 0 saturated carbocycles. The molecule has 11 heteroatoms. The summed E-state index contributed by atoms with van der Waals surface area (Å²) in [5.41, 5.74) is 1.48. The third-order valence-corrected chi connectivity index (χ3v) is 5.74. The molecule has 0 fully saturated rings. The van der Waals surface area contributed by atoms with Crippen LogP contribution in [0.1, 0.15) is 11.1 Å². The minimum atomic E-state index is -4.60. The van der Waals surface area contributed by atoms with Crippen LogP contribution in [0.3, 0.4) is 0 Å². The molecule has 0 aliphatic heterocycles. The third kappa shape index (κ3) is 6.90. The molecule has 0 saturated heterocycles. The van der Waals surface area contributed by atoms with Crippen LogP contribution in [0.4, 0.5) is 0 Å². The van der Waals surface area contributed by atoms with E-state index < -0.39 is 7.82 Å². The average Bonchev–Trinajstić information content (AvgIpc) is 2.11. The van der Waals surface area contributed by atoms with Crippen LogP contribution in [0.25, 0.3) is 0 Å². The van der Waals surface area contributed by atoms with Crippen molar-refractivity contribution in [3.63, 3.8) is 0 Å². The zero-order chi connectivity index (χ0) is 15.1. The number of benzene rings is 1. The molecule has 0 bridgehead atoms. The van der Waals surface area contributed by atoms with Crippen LogP contribution in [0.15, 0.2) is 18.2 Å². The van der Waals surface area contributed by atoms with Crippen molar-refractivity contribution in [1.29, 1.82) is 0 Å². The number of phosphoric acid groups is 1. The highest BCUT2D eigenvalue weighted by atomic mass is 127. The van der Waals surface area contributed by atoms with Gasteiger partial charge in [0.05, 0.1) is 0 Å². The first-order chi connectivity index (χ1) is 8.32. The van der Waals surface area contributed by atoms with Crippen LogP contribution in [0, 0.1) is 0 Å². The summed E-state index contributed by atoms with van der Waals surface area (Å²) in [7, 11) is -4.60. The number of phosphoric ester groups is 1. The normalized spacial score (nSPS) is 13.5. The summed E-state index contributed by atoms with van der Waals surface area (Å²) >= 11 is 13.2. The van der Waals surface area contributed by atoms with Crippen molar-refractivity contribution < 1.29 is 18.9 Å². The van der Waals surface area contributed by atoms with E-state index in [-0.39, 0.29) is 4.62 Å². The fourth-order valence-corrected chi connectivity index (χ4v) is 4.18. The molecule has 0 atom stereocenters. The van der Waals surface area contributed by atoms with E-state index in [9.17, 15) is 4.57 Å². The van der Waals surface area contributed by atoms with Crippen molar-refractivity contribution >= 4 is 143 Å². The number of halogens is 6. The van der Waals surface area contributed by atoms with E-state index in [0.29, 0.717) is 0 Å². The van der Waals surface area contributed by atoms with E-state index in [4.69, 9.17) is 14.3 Å². The highest BCUT2D eigenvalue weighted by molar-refractivity contribution is 14.3. The maximum atomic E-state index is 11.2. The minimum Gasteiger partial charge on any atom is -0.403 e. The van der Waals surface area contributed by atoms with Crippen molar-refractivity contribution in [2.45, 2.75) is -1.13 Å². The predicted molar refractivity (Wildman–Crippen MR) is 127 cm³/mol. The van der Waals surface area contributed by atoms with E-state index in [1.54, 1.807) is 0 Å². The lowest BCUT2D eigenvalue weighted by molar-refractivity contribution is 0.282. The molecule has 2 N–H and O–H groups in total. The van der Waals surface area contributed by atoms with E-state index in [1.165, 1.54) is 0 Å². The largest absolute Gasteiger partial charge is 0.524 e. The summed E-state index contributed by atoms with van der Waals surface area (Å²) in [6, 6.07) is 5.50. The smallest absolute Gasteiger partial charge is 0.403 e. The number of alkyl halides is 6. The first-order valence-electron chi connectivity index (χ1n) is 4.35. The van der Waals surface area contributed by atoms with Crippen LogP contribution < -0.4 is 4.52 Å². The summed E-state index contributed by atoms with van der Waals surface area (Å²) in [4.78, 5) is 18.3. The average molecular weight is 958 g/mol. The molecule has 0 aliphatic carbocycles. The van der Waals surface area contributed by atoms with Gasteiger partial charge in [-0.1, -0.05) is 18.2 Å². The number of para-hydroxylation sites is 1. The van der Waals surface area contributed by atoms with Gasteiger partial charge in [-0.3, -0.25) is 9.79 Å². The topological polar surface area (TPSA) is 66.8 Å². The Morgan fingerprint density at radius 1 is 0.947 bits per heavy atom. The van der Waals surface area contributed by atoms with Crippen molar-refractivity contribution in [2.75, 3.05) is 0 Å². The Labute approximate surface area is 192 Å². The second kappa shape index (κ2) is 7.62. The Balaban J connectivity index is 3.55. The monoisotopic (exact) mass is 957 g/mol. The molecular formula is C8H5I6O4P. The van der Waals surface area contributed by atoms with Gasteiger partial charge in [0.2, 0.25) is 0 Å². The Morgan fingerprint density at radius 2 is 1.32 bits per heavy atom. The molecule has 1 rings (SSSR count). The third-order valence-electron chi connectivity index (χ3n) is 1.84. The molecule has 0 aliphatic rings. The van der Waals surface area contributed by atoms with E-state index >= 15 is 0 Å². The molecule has 0 unspecified atom stereocenters. The number of hydrogen-bond donors (Lipinski definition) is 2. The van der Waals surface area contributed by atoms with Crippen LogP contribution in [0.2, 0.25) is 0 Å². The molecule has 108 valence electrons. The Bertz CT molecular complexity index is 485. The maximum absolute atomic E-state index is 11.2. The van der Waals surface area contributed by atoms with Gasteiger partial charge < -0.3 is 4.52 Å². The van der Waals surface area contributed by atoms with Gasteiger partial charge in [0.15, 0.2) is -1.13 Å². The van der Waals surface area contributed by atoms with Gasteiger partial charge >= 0.3 is 7.82 Å². The van der Waals surface area contributed by atoms with Gasteiger partial charge in [-0.05, 0) is 136 Å². The fourth-order valence-electron chi connectivity index (χ4n) is 1.20. The summed E-state index contributed by atoms with van der Waals surface area (Å²) in [5, 5.41) is 0. The van der Waals surface area contributed by atoms with Gasteiger partial charge in [-0.2, -0.15) is 0 Å². The SMILES string of the molecule is O=P(O)(O)Oc1c(C(I)(I)I)cccc1C(I)(I)I. The van der Waals surface area contributed by atoms with Gasteiger partial charge in [0.1, 0.15) is 5.75 Å². The Hall–Kier alpha value is 3.55. The summed E-state index contributed by atoms with van der Waals surface area (Å²) < 4.78 is 15.5. The second-order valence-corrected chi connectivity index (χ2v) is 26.5. The molecule has 0 amide bonds. The van der Waals surface area contributed by atoms with Gasteiger partial charge in [-0.15, -0.1) is 0 Å². The molecule has 1 aromatic carbocycles. The fraction of sp³-hybridized carbons (Fsp3) is 0.250. The van der Waals surface area contributed by atoms with E-state index in [2.05, 4.69) is 136 Å². The number of hydrogen-bond acceptors (Lipinski definition) is 2. The highest BCUT2D eigenvalue weighted by Gasteiger charge is 2.35. The molecule has 0 aromatic heterocycles. The maximum Gasteiger partial charge on any atom is 0.524 e. The van der Waals surface area contributed by atoms with Crippen LogP contribution in [0.5, 0.6) is 5.75 Å². The minimum absolute atomic E-state index is 0.257. The molecule has 0 radical (unpaired) electrons. The molecule has 4 nitrogen and oxygen atoms in total. The Kier molecular flexibility index (Phi) is 8.26. The van der Waals surface area contributed by atoms with Gasteiger partial charge in [-0.25, -0.2) is 4.57 Å². The lowest BCUT2D eigenvalue weighted by Crippen LogP contribution is -2.09. The molecule has 0 spiro atoms. The lowest BCUT2D eigenvalue weighted by atomic mass is 10.1. The Morgan fingerprint density at radius 3 is 1.58 bits per heavy atom. The molecule has 0 heterocycles.